The number of hydrogen-bond acceptors (Lipinski definition) is 2. The fraction of sp³-hybridized carbons (Fsp3) is 0.200. The van der Waals surface area contributed by atoms with E-state index < -0.39 is 0 Å². The van der Waals surface area contributed by atoms with Crippen molar-refractivity contribution < 1.29 is 4.39 Å². The molecule has 0 aliphatic heterocycles. The van der Waals surface area contributed by atoms with E-state index in [0.717, 1.165) is 12.1 Å². The maximum absolute atomic E-state index is 13.2. The van der Waals surface area contributed by atoms with Crippen molar-refractivity contribution >= 4 is 21.6 Å². The molecule has 0 fully saturated rings. The van der Waals surface area contributed by atoms with Crippen LogP contribution in [-0.4, -0.2) is 0 Å². The van der Waals surface area contributed by atoms with Crippen LogP contribution in [0.25, 0.3) is 0 Å². The van der Waals surface area contributed by atoms with Crippen LogP contribution in [0.4, 0.5) is 10.1 Å². The zero-order valence-corrected chi connectivity index (χ0v) is 11.8. The molecular formula is C15H14BrFN2. The summed E-state index contributed by atoms with van der Waals surface area (Å²) in [5, 5.41) is 3.42. The second-order valence-electron chi connectivity index (χ2n) is 4.80. The van der Waals surface area contributed by atoms with E-state index in [1.165, 1.54) is 17.2 Å². The van der Waals surface area contributed by atoms with E-state index in [9.17, 15) is 4.39 Å². The highest BCUT2D eigenvalue weighted by Gasteiger charge is 2.27. The number of benzene rings is 2. The van der Waals surface area contributed by atoms with E-state index in [1.807, 2.05) is 12.1 Å². The van der Waals surface area contributed by atoms with Gasteiger partial charge < -0.3 is 11.1 Å². The second-order valence-corrected chi connectivity index (χ2v) is 5.65. The lowest BCUT2D eigenvalue weighted by Crippen LogP contribution is -2.10. The molecular weight excluding hydrogens is 307 g/mol. The molecule has 1 aliphatic rings. The smallest absolute Gasteiger partial charge is 0.137 e. The van der Waals surface area contributed by atoms with Crippen LogP contribution in [0.3, 0.4) is 0 Å². The number of nitrogens with two attached hydrogens (primary N) is 1. The molecule has 0 spiro atoms. The van der Waals surface area contributed by atoms with Crippen LogP contribution in [0.15, 0.2) is 46.9 Å². The summed E-state index contributed by atoms with van der Waals surface area (Å²) < 4.78 is 13.7. The summed E-state index contributed by atoms with van der Waals surface area (Å²) in [4.78, 5) is 0. The lowest BCUT2D eigenvalue weighted by molar-refractivity contribution is 0.620. The quantitative estimate of drug-likeness (QED) is 0.872. The van der Waals surface area contributed by atoms with Crippen molar-refractivity contribution in [2.24, 2.45) is 5.73 Å². The molecule has 2 unspecified atom stereocenters. The Kier molecular flexibility index (Phi) is 3.29. The molecule has 0 bridgehead atoms. The van der Waals surface area contributed by atoms with Gasteiger partial charge >= 0.3 is 0 Å². The van der Waals surface area contributed by atoms with Gasteiger partial charge in [0.1, 0.15) is 5.82 Å². The molecule has 4 heteroatoms. The average molecular weight is 321 g/mol. The number of fused-ring (bicyclic) bond motifs is 1. The summed E-state index contributed by atoms with van der Waals surface area (Å²) in [5.41, 5.74) is 9.45. The zero-order chi connectivity index (χ0) is 13.4. The average Bonchev–Trinajstić information content (AvgIpc) is 2.72. The number of rotatable bonds is 2. The molecule has 2 atom stereocenters. The lowest BCUT2D eigenvalue weighted by Gasteiger charge is -2.16. The number of nitrogens with one attached hydrogen (secondary N) is 1. The fourth-order valence-corrected chi connectivity index (χ4v) is 2.98. The van der Waals surface area contributed by atoms with Gasteiger partial charge in [0, 0.05) is 11.7 Å². The highest BCUT2D eigenvalue weighted by Crippen LogP contribution is 2.39. The summed E-state index contributed by atoms with van der Waals surface area (Å²) in [6.45, 7) is 0. The van der Waals surface area contributed by atoms with Crippen LogP contribution in [-0.2, 0) is 0 Å². The predicted octanol–water partition coefficient (Wildman–Crippen LogP) is 4.14. The number of halogens is 2. The third-order valence-electron chi connectivity index (χ3n) is 3.52. The molecule has 2 aromatic carbocycles. The molecule has 0 heterocycles. The minimum Gasteiger partial charge on any atom is -0.378 e. The van der Waals surface area contributed by atoms with Gasteiger partial charge in [0.15, 0.2) is 0 Å². The molecule has 0 amide bonds. The molecule has 2 nitrogen and oxygen atoms in total. The van der Waals surface area contributed by atoms with Gasteiger partial charge in [-0.3, -0.25) is 0 Å². The summed E-state index contributed by atoms with van der Waals surface area (Å²) in [6.07, 6.45) is 0.855. The first-order chi connectivity index (χ1) is 9.15. The first kappa shape index (κ1) is 12.6. The largest absolute Gasteiger partial charge is 0.378 e. The van der Waals surface area contributed by atoms with Crippen molar-refractivity contribution in [2.45, 2.75) is 18.5 Å². The van der Waals surface area contributed by atoms with Crippen LogP contribution in [0.1, 0.15) is 29.6 Å². The molecule has 1 aliphatic carbocycles. The summed E-state index contributed by atoms with van der Waals surface area (Å²) in [6, 6.07) is 13.4. The van der Waals surface area contributed by atoms with E-state index in [-0.39, 0.29) is 17.9 Å². The second kappa shape index (κ2) is 4.94. The van der Waals surface area contributed by atoms with Gasteiger partial charge in [-0.15, -0.1) is 0 Å². The van der Waals surface area contributed by atoms with Crippen LogP contribution in [0, 0.1) is 5.82 Å². The predicted molar refractivity (Wildman–Crippen MR) is 78.5 cm³/mol. The van der Waals surface area contributed by atoms with Gasteiger partial charge in [0.25, 0.3) is 0 Å². The maximum atomic E-state index is 13.2. The minimum atomic E-state index is -0.255. The Balaban J connectivity index is 1.87. The molecule has 0 radical (unpaired) electrons. The van der Waals surface area contributed by atoms with E-state index in [0.29, 0.717) is 4.47 Å². The fourth-order valence-electron chi connectivity index (χ4n) is 2.60. The Morgan fingerprint density at radius 1 is 1.16 bits per heavy atom. The normalized spacial score (nSPS) is 21.2. The topological polar surface area (TPSA) is 38.0 Å². The van der Waals surface area contributed by atoms with Gasteiger partial charge in [0.2, 0.25) is 0 Å². The SMILES string of the molecule is NC1CC(Nc2ccc(F)c(Br)c2)c2ccccc21. The molecule has 0 saturated heterocycles. The first-order valence-corrected chi connectivity index (χ1v) is 7.00. The van der Waals surface area contributed by atoms with Crippen LogP contribution < -0.4 is 11.1 Å². The molecule has 0 saturated carbocycles. The van der Waals surface area contributed by atoms with Crippen LogP contribution in [0.2, 0.25) is 0 Å². The first-order valence-electron chi connectivity index (χ1n) is 6.21. The van der Waals surface area contributed by atoms with Crippen molar-refractivity contribution in [3.8, 4) is 0 Å². The van der Waals surface area contributed by atoms with Crippen molar-refractivity contribution in [3.63, 3.8) is 0 Å². The van der Waals surface area contributed by atoms with Crippen molar-refractivity contribution in [3.05, 3.63) is 63.9 Å². The Hall–Kier alpha value is -1.39. The Bertz CT molecular complexity index is 615. The Morgan fingerprint density at radius 3 is 2.63 bits per heavy atom. The third kappa shape index (κ3) is 2.38. The minimum absolute atomic E-state index is 0.0672. The van der Waals surface area contributed by atoms with Gasteiger partial charge in [-0.1, -0.05) is 24.3 Å². The molecule has 98 valence electrons. The molecule has 2 aromatic rings. The molecule has 19 heavy (non-hydrogen) atoms. The highest BCUT2D eigenvalue weighted by molar-refractivity contribution is 9.10. The number of anilines is 1. The van der Waals surface area contributed by atoms with Gasteiger partial charge in [-0.2, -0.15) is 0 Å². The van der Waals surface area contributed by atoms with Crippen LogP contribution in [0.5, 0.6) is 0 Å². The van der Waals surface area contributed by atoms with Gasteiger partial charge in [-0.25, -0.2) is 4.39 Å². The van der Waals surface area contributed by atoms with Crippen molar-refractivity contribution in [1.29, 1.82) is 0 Å². The Labute approximate surface area is 120 Å². The Morgan fingerprint density at radius 2 is 1.89 bits per heavy atom. The van der Waals surface area contributed by atoms with Gasteiger partial charge in [-0.05, 0) is 51.7 Å². The summed E-state index contributed by atoms with van der Waals surface area (Å²) in [7, 11) is 0. The van der Waals surface area contributed by atoms with Gasteiger partial charge in [0.05, 0.1) is 10.5 Å². The van der Waals surface area contributed by atoms with Crippen molar-refractivity contribution in [2.75, 3.05) is 5.32 Å². The molecule has 3 N–H and O–H groups in total. The zero-order valence-electron chi connectivity index (χ0n) is 10.2. The van der Waals surface area contributed by atoms with Crippen molar-refractivity contribution in [1.82, 2.24) is 0 Å². The highest BCUT2D eigenvalue weighted by atomic mass is 79.9. The summed E-state index contributed by atoms with van der Waals surface area (Å²) >= 11 is 3.20. The monoisotopic (exact) mass is 320 g/mol. The van der Waals surface area contributed by atoms with Crippen LogP contribution >= 0.6 is 15.9 Å². The maximum Gasteiger partial charge on any atom is 0.137 e. The van der Waals surface area contributed by atoms with E-state index in [1.54, 1.807) is 12.1 Å². The molecule has 0 aromatic heterocycles. The number of hydrogen-bond donors (Lipinski definition) is 2. The lowest BCUT2D eigenvalue weighted by atomic mass is 10.1. The summed E-state index contributed by atoms with van der Waals surface area (Å²) in [5.74, 6) is -0.255. The molecule has 3 rings (SSSR count). The third-order valence-corrected chi connectivity index (χ3v) is 4.13. The van der Waals surface area contributed by atoms with E-state index in [4.69, 9.17) is 5.73 Å². The van der Waals surface area contributed by atoms with E-state index in [2.05, 4.69) is 33.4 Å². The standard InChI is InChI=1S/C15H14BrFN2/c16-12-7-9(5-6-13(12)17)19-15-8-14(18)10-3-1-2-4-11(10)15/h1-7,14-15,19H,8,18H2. The van der Waals surface area contributed by atoms with E-state index >= 15 is 0 Å².